The van der Waals surface area contributed by atoms with E-state index in [9.17, 15) is 4.79 Å². The third kappa shape index (κ3) is 4.27. The number of nitrogens with zero attached hydrogens (tertiary/aromatic N) is 1. The molecule has 104 valence electrons. The zero-order chi connectivity index (χ0) is 13.5. The van der Waals surface area contributed by atoms with E-state index in [1.54, 1.807) is 0 Å². The number of amides is 1. The zero-order valence-electron chi connectivity index (χ0n) is 11.8. The lowest BCUT2D eigenvalue weighted by Gasteiger charge is -2.22. The predicted molar refractivity (Wildman–Crippen MR) is 80.7 cm³/mol. The normalized spacial score (nSPS) is 15.9. The van der Waals surface area contributed by atoms with Crippen LogP contribution in [0.5, 0.6) is 0 Å². The van der Waals surface area contributed by atoms with E-state index in [2.05, 4.69) is 22.3 Å². The maximum Gasteiger partial charge on any atom is 0.224 e. The third-order valence-electron chi connectivity index (χ3n) is 3.60. The summed E-state index contributed by atoms with van der Waals surface area (Å²) in [6, 6.07) is 8.25. The van der Waals surface area contributed by atoms with E-state index >= 15 is 0 Å². The molecule has 0 saturated carbocycles. The molecule has 0 unspecified atom stereocenters. The van der Waals surface area contributed by atoms with Crippen LogP contribution in [0.15, 0.2) is 24.3 Å². The van der Waals surface area contributed by atoms with Crippen molar-refractivity contribution in [2.45, 2.75) is 45.4 Å². The first-order valence-corrected chi connectivity index (χ1v) is 7.44. The van der Waals surface area contributed by atoms with Crippen molar-refractivity contribution in [3.8, 4) is 0 Å². The van der Waals surface area contributed by atoms with Crippen molar-refractivity contribution in [2.24, 2.45) is 0 Å². The summed E-state index contributed by atoms with van der Waals surface area (Å²) in [4.78, 5) is 14.0. The Kier molecular flexibility index (Phi) is 5.25. The predicted octanol–water partition coefficient (Wildman–Crippen LogP) is 3.81. The first kappa shape index (κ1) is 13.9. The van der Waals surface area contributed by atoms with Crippen LogP contribution < -0.4 is 10.2 Å². The number of rotatable bonds is 4. The van der Waals surface area contributed by atoms with Crippen LogP contribution in [0.25, 0.3) is 0 Å². The second-order valence-electron chi connectivity index (χ2n) is 5.25. The average Bonchev–Trinajstić information content (AvgIpc) is 2.69. The Morgan fingerprint density at radius 1 is 1.11 bits per heavy atom. The van der Waals surface area contributed by atoms with E-state index in [1.807, 2.05) is 19.1 Å². The van der Waals surface area contributed by atoms with Crippen LogP contribution in [-0.4, -0.2) is 19.0 Å². The minimum Gasteiger partial charge on any atom is -0.372 e. The summed E-state index contributed by atoms with van der Waals surface area (Å²) in [6.07, 6.45) is 6.75. The molecule has 1 N–H and O–H groups in total. The highest BCUT2D eigenvalue weighted by atomic mass is 16.1. The van der Waals surface area contributed by atoms with E-state index in [4.69, 9.17) is 0 Å². The lowest BCUT2D eigenvalue weighted by molar-refractivity contribution is -0.116. The highest BCUT2D eigenvalue weighted by Gasteiger charge is 2.09. The number of benzene rings is 1. The molecule has 1 heterocycles. The van der Waals surface area contributed by atoms with Gasteiger partial charge in [-0.25, -0.2) is 0 Å². The maximum absolute atomic E-state index is 11.5. The van der Waals surface area contributed by atoms with Gasteiger partial charge in [0.15, 0.2) is 0 Å². The Balaban J connectivity index is 1.95. The number of carbonyl (C=O) groups is 1. The largest absolute Gasteiger partial charge is 0.372 e. The fourth-order valence-electron chi connectivity index (χ4n) is 2.54. The van der Waals surface area contributed by atoms with Crippen LogP contribution in [-0.2, 0) is 4.79 Å². The number of anilines is 2. The smallest absolute Gasteiger partial charge is 0.224 e. The number of carbonyl (C=O) groups excluding carboxylic acids is 1. The minimum atomic E-state index is 0.102. The van der Waals surface area contributed by atoms with E-state index < -0.39 is 0 Å². The van der Waals surface area contributed by atoms with Crippen LogP contribution in [0.4, 0.5) is 11.4 Å². The Morgan fingerprint density at radius 3 is 2.32 bits per heavy atom. The van der Waals surface area contributed by atoms with Crippen molar-refractivity contribution in [2.75, 3.05) is 23.3 Å². The van der Waals surface area contributed by atoms with Crippen LogP contribution in [0.2, 0.25) is 0 Å². The molecule has 0 spiro atoms. The Labute approximate surface area is 116 Å². The van der Waals surface area contributed by atoms with Crippen molar-refractivity contribution in [3.63, 3.8) is 0 Å². The molecule has 0 aliphatic carbocycles. The van der Waals surface area contributed by atoms with Gasteiger partial charge in [0.2, 0.25) is 5.91 Å². The molecule has 1 aliphatic rings. The summed E-state index contributed by atoms with van der Waals surface area (Å²) >= 11 is 0. The van der Waals surface area contributed by atoms with Gasteiger partial charge in [0.1, 0.15) is 0 Å². The first-order valence-electron chi connectivity index (χ1n) is 7.44. The molecule has 1 aliphatic heterocycles. The molecule has 0 atom stereocenters. The highest BCUT2D eigenvalue weighted by Crippen LogP contribution is 2.21. The average molecular weight is 260 g/mol. The van der Waals surface area contributed by atoms with E-state index in [0.29, 0.717) is 6.42 Å². The van der Waals surface area contributed by atoms with Crippen LogP contribution in [0.1, 0.15) is 45.4 Å². The fraction of sp³-hybridized carbons (Fsp3) is 0.562. The van der Waals surface area contributed by atoms with Gasteiger partial charge in [0.25, 0.3) is 0 Å². The van der Waals surface area contributed by atoms with Gasteiger partial charge >= 0.3 is 0 Å². The molecule has 19 heavy (non-hydrogen) atoms. The fourth-order valence-corrected chi connectivity index (χ4v) is 2.54. The summed E-state index contributed by atoms with van der Waals surface area (Å²) in [5.41, 5.74) is 2.17. The van der Waals surface area contributed by atoms with Crippen molar-refractivity contribution in [1.29, 1.82) is 0 Å². The quantitative estimate of drug-likeness (QED) is 0.893. The van der Waals surface area contributed by atoms with E-state index in [0.717, 1.165) is 25.2 Å². The molecule has 3 heteroatoms. The standard InChI is InChI=1S/C16H24N2O/c1-2-7-16(19)17-14-8-10-15(11-9-14)18-12-5-3-4-6-13-18/h8-11H,2-7,12-13H2,1H3,(H,17,19). The molecular weight excluding hydrogens is 236 g/mol. The molecule has 1 aromatic carbocycles. The molecular formula is C16H24N2O. The van der Waals surface area contributed by atoms with E-state index in [1.165, 1.54) is 31.4 Å². The number of nitrogens with one attached hydrogen (secondary N) is 1. The maximum atomic E-state index is 11.5. The molecule has 0 bridgehead atoms. The molecule has 3 nitrogen and oxygen atoms in total. The summed E-state index contributed by atoms with van der Waals surface area (Å²) in [7, 11) is 0. The topological polar surface area (TPSA) is 32.3 Å². The van der Waals surface area contributed by atoms with Gasteiger partial charge in [-0.05, 0) is 43.5 Å². The Morgan fingerprint density at radius 2 is 1.74 bits per heavy atom. The van der Waals surface area contributed by atoms with Crippen LogP contribution >= 0.6 is 0 Å². The zero-order valence-corrected chi connectivity index (χ0v) is 11.8. The first-order chi connectivity index (χ1) is 9.29. The molecule has 1 aromatic rings. The summed E-state index contributed by atoms with van der Waals surface area (Å²) in [5, 5.41) is 2.93. The van der Waals surface area contributed by atoms with Crippen molar-refractivity contribution < 1.29 is 4.79 Å². The third-order valence-corrected chi connectivity index (χ3v) is 3.60. The summed E-state index contributed by atoms with van der Waals surface area (Å²) in [6.45, 7) is 4.32. The van der Waals surface area contributed by atoms with Crippen molar-refractivity contribution in [1.82, 2.24) is 0 Å². The molecule has 1 saturated heterocycles. The van der Waals surface area contributed by atoms with Crippen LogP contribution in [0.3, 0.4) is 0 Å². The van der Waals surface area contributed by atoms with Gasteiger partial charge in [-0.2, -0.15) is 0 Å². The minimum absolute atomic E-state index is 0.102. The number of hydrogen-bond donors (Lipinski definition) is 1. The SMILES string of the molecule is CCCC(=O)Nc1ccc(N2CCCCCC2)cc1. The lowest BCUT2D eigenvalue weighted by Crippen LogP contribution is -2.23. The van der Waals surface area contributed by atoms with Gasteiger partial charge in [-0.3, -0.25) is 4.79 Å². The summed E-state index contributed by atoms with van der Waals surface area (Å²) < 4.78 is 0. The Bertz CT molecular complexity index is 392. The van der Waals surface area contributed by atoms with Gasteiger partial charge < -0.3 is 10.2 Å². The summed E-state index contributed by atoms with van der Waals surface area (Å²) in [5.74, 6) is 0.102. The van der Waals surface area contributed by atoms with Gasteiger partial charge in [-0.1, -0.05) is 19.8 Å². The van der Waals surface area contributed by atoms with Gasteiger partial charge in [-0.15, -0.1) is 0 Å². The lowest BCUT2D eigenvalue weighted by atomic mass is 10.2. The molecule has 1 amide bonds. The Hall–Kier alpha value is -1.51. The second-order valence-corrected chi connectivity index (χ2v) is 5.25. The van der Waals surface area contributed by atoms with Crippen molar-refractivity contribution in [3.05, 3.63) is 24.3 Å². The van der Waals surface area contributed by atoms with Gasteiger partial charge in [0.05, 0.1) is 0 Å². The molecule has 0 radical (unpaired) electrons. The monoisotopic (exact) mass is 260 g/mol. The molecule has 1 fully saturated rings. The number of hydrogen-bond acceptors (Lipinski definition) is 2. The molecule has 0 aromatic heterocycles. The second kappa shape index (κ2) is 7.17. The van der Waals surface area contributed by atoms with E-state index in [-0.39, 0.29) is 5.91 Å². The highest BCUT2D eigenvalue weighted by molar-refractivity contribution is 5.90. The molecule has 2 rings (SSSR count). The van der Waals surface area contributed by atoms with Gasteiger partial charge in [0, 0.05) is 30.9 Å². The van der Waals surface area contributed by atoms with Crippen molar-refractivity contribution >= 4 is 17.3 Å². The van der Waals surface area contributed by atoms with Crippen LogP contribution in [0, 0.1) is 0 Å².